The Morgan fingerprint density at radius 1 is 0.897 bits per heavy atom. The van der Waals surface area contributed by atoms with E-state index in [9.17, 15) is 21.6 Å². The van der Waals surface area contributed by atoms with E-state index in [4.69, 9.17) is 0 Å². The molecule has 0 saturated carbocycles. The highest BCUT2D eigenvalue weighted by molar-refractivity contribution is 7.90. The molecule has 1 fully saturated rings. The van der Waals surface area contributed by atoms with E-state index in [0.29, 0.717) is 12.8 Å². The van der Waals surface area contributed by atoms with Gasteiger partial charge in [0.25, 0.3) is 0 Å². The number of para-hydroxylation sites is 2. The van der Waals surface area contributed by atoms with Crippen LogP contribution in [0.3, 0.4) is 0 Å². The number of nitrogens with one attached hydrogen (secondary N) is 1. The minimum Gasteiger partial charge on any atom is -0.306 e. The van der Waals surface area contributed by atoms with Gasteiger partial charge in [0, 0.05) is 25.4 Å². The molecule has 4 rings (SSSR count). The summed E-state index contributed by atoms with van der Waals surface area (Å²) in [5.41, 5.74) is 1.39. The minimum absolute atomic E-state index is 0.0626. The molecule has 0 amide bonds. The number of sulfonamides is 1. The number of fused-ring (bicyclic) bond motifs is 1. The van der Waals surface area contributed by atoms with Gasteiger partial charge in [0.15, 0.2) is 9.84 Å². The molecule has 0 atom stereocenters. The van der Waals surface area contributed by atoms with Crippen molar-refractivity contribution in [1.29, 1.82) is 0 Å². The Morgan fingerprint density at radius 3 is 2.10 bits per heavy atom. The van der Waals surface area contributed by atoms with Gasteiger partial charge in [0.2, 0.25) is 10.0 Å². The van der Waals surface area contributed by atoms with Crippen LogP contribution in [0.15, 0.2) is 63.1 Å². The van der Waals surface area contributed by atoms with Crippen molar-refractivity contribution in [3.8, 4) is 0 Å². The number of nitrogens with zero attached hydrogens (tertiary/aromatic N) is 2. The molecule has 2 aromatic carbocycles. The molecule has 1 aliphatic heterocycles. The third-order valence-electron chi connectivity index (χ3n) is 5.30. The maximum atomic E-state index is 12.9. The average Bonchev–Trinajstić information content (AvgIpc) is 3.03. The van der Waals surface area contributed by atoms with Crippen LogP contribution in [0.25, 0.3) is 11.0 Å². The molecule has 0 spiro atoms. The van der Waals surface area contributed by atoms with Gasteiger partial charge in [-0.1, -0.05) is 12.1 Å². The van der Waals surface area contributed by atoms with Gasteiger partial charge < -0.3 is 4.98 Å². The fourth-order valence-corrected chi connectivity index (χ4v) is 5.89. The van der Waals surface area contributed by atoms with Gasteiger partial charge in [-0.25, -0.2) is 21.6 Å². The van der Waals surface area contributed by atoms with Crippen LogP contribution in [0.4, 0.5) is 0 Å². The van der Waals surface area contributed by atoms with Gasteiger partial charge in [-0.05, 0) is 49.2 Å². The van der Waals surface area contributed by atoms with Crippen molar-refractivity contribution < 1.29 is 16.8 Å². The van der Waals surface area contributed by atoms with Crippen LogP contribution in [0.1, 0.15) is 18.9 Å². The second kappa shape index (κ2) is 7.12. The van der Waals surface area contributed by atoms with Gasteiger partial charge >= 0.3 is 5.69 Å². The Labute approximate surface area is 168 Å². The Balaban J connectivity index is 1.54. The third-order valence-corrected chi connectivity index (χ3v) is 8.34. The summed E-state index contributed by atoms with van der Waals surface area (Å²) in [4.78, 5) is 15.4. The Bertz CT molecular complexity index is 1310. The van der Waals surface area contributed by atoms with Crippen molar-refractivity contribution in [3.05, 3.63) is 59.0 Å². The summed E-state index contributed by atoms with van der Waals surface area (Å²) < 4.78 is 52.1. The zero-order valence-electron chi connectivity index (χ0n) is 15.8. The van der Waals surface area contributed by atoms with Gasteiger partial charge in [-0.15, -0.1) is 0 Å². The highest BCUT2D eigenvalue weighted by atomic mass is 32.2. The number of hydrogen-bond donors (Lipinski definition) is 1. The summed E-state index contributed by atoms with van der Waals surface area (Å²) in [5, 5.41) is 0. The van der Waals surface area contributed by atoms with Crippen molar-refractivity contribution in [1.82, 2.24) is 13.9 Å². The van der Waals surface area contributed by atoms with Gasteiger partial charge in [-0.2, -0.15) is 4.31 Å². The zero-order valence-corrected chi connectivity index (χ0v) is 17.4. The summed E-state index contributed by atoms with van der Waals surface area (Å²) in [6.07, 6.45) is 2.11. The maximum Gasteiger partial charge on any atom is 0.326 e. The SMILES string of the molecule is CS(=O)(=O)c1ccc(S(=O)(=O)N2CCC(n3c(=O)[nH]c4ccccc43)CC2)cc1. The first-order valence-corrected chi connectivity index (χ1v) is 12.5. The average molecular weight is 436 g/mol. The number of rotatable bonds is 4. The van der Waals surface area contributed by atoms with E-state index in [-0.39, 0.29) is 34.6 Å². The van der Waals surface area contributed by atoms with Crippen LogP contribution in [-0.2, 0) is 19.9 Å². The van der Waals surface area contributed by atoms with E-state index in [1.54, 1.807) is 4.57 Å². The van der Waals surface area contributed by atoms with Crippen molar-refractivity contribution in [3.63, 3.8) is 0 Å². The number of aromatic amines is 1. The van der Waals surface area contributed by atoms with Crippen LogP contribution in [0, 0.1) is 0 Å². The molecule has 0 radical (unpaired) electrons. The molecule has 3 aromatic rings. The summed E-state index contributed by atoms with van der Waals surface area (Å²) >= 11 is 0. The van der Waals surface area contributed by atoms with Crippen LogP contribution in [0.5, 0.6) is 0 Å². The highest BCUT2D eigenvalue weighted by Crippen LogP contribution is 2.28. The molecule has 0 bridgehead atoms. The molecule has 154 valence electrons. The summed E-state index contributed by atoms with van der Waals surface area (Å²) in [7, 11) is -7.11. The fraction of sp³-hybridized carbons (Fsp3) is 0.316. The van der Waals surface area contributed by atoms with Crippen LogP contribution >= 0.6 is 0 Å². The molecule has 1 saturated heterocycles. The lowest BCUT2D eigenvalue weighted by atomic mass is 10.1. The van der Waals surface area contributed by atoms with E-state index >= 15 is 0 Å². The predicted octanol–water partition coefficient (Wildman–Crippen LogP) is 1.76. The van der Waals surface area contributed by atoms with Crippen molar-refractivity contribution in [2.75, 3.05) is 19.3 Å². The lowest BCUT2D eigenvalue weighted by molar-refractivity contribution is 0.274. The second-order valence-corrected chi connectivity index (χ2v) is 11.1. The predicted molar refractivity (Wildman–Crippen MR) is 109 cm³/mol. The second-order valence-electron chi connectivity index (χ2n) is 7.20. The Hall–Kier alpha value is -2.43. The Morgan fingerprint density at radius 2 is 1.48 bits per heavy atom. The third kappa shape index (κ3) is 3.63. The number of benzene rings is 2. The first kappa shape index (κ1) is 19.9. The highest BCUT2D eigenvalue weighted by Gasteiger charge is 2.31. The van der Waals surface area contributed by atoms with Crippen LogP contribution < -0.4 is 5.69 Å². The first-order valence-electron chi connectivity index (χ1n) is 9.17. The molecule has 8 nitrogen and oxygen atoms in total. The molecule has 10 heteroatoms. The lowest BCUT2D eigenvalue weighted by Crippen LogP contribution is -2.40. The Kier molecular flexibility index (Phi) is 4.88. The number of sulfone groups is 1. The van der Waals surface area contributed by atoms with Crippen molar-refractivity contribution in [2.24, 2.45) is 0 Å². The molecule has 2 heterocycles. The number of hydrogen-bond acceptors (Lipinski definition) is 5. The summed E-state index contributed by atoms with van der Waals surface area (Å²) in [6, 6.07) is 12.6. The van der Waals surface area contributed by atoms with E-state index in [1.807, 2.05) is 24.3 Å². The molecule has 1 N–H and O–H groups in total. The maximum absolute atomic E-state index is 12.9. The van der Waals surface area contributed by atoms with Crippen molar-refractivity contribution in [2.45, 2.75) is 28.7 Å². The van der Waals surface area contributed by atoms with E-state index in [2.05, 4.69) is 4.98 Å². The largest absolute Gasteiger partial charge is 0.326 e. The summed E-state index contributed by atoms with van der Waals surface area (Å²) in [5.74, 6) is 0. The van der Waals surface area contributed by atoms with Gasteiger partial charge in [0.1, 0.15) is 0 Å². The van der Waals surface area contributed by atoms with E-state index in [0.717, 1.165) is 17.3 Å². The first-order chi connectivity index (χ1) is 13.7. The normalized spacial score (nSPS) is 17.0. The number of piperidine rings is 1. The minimum atomic E-state index is -3.73. The van der Waals surface area contributed by atoms with Crippen molar-refractivity contribution >= 4 is 30.9 Å². The van der Waals surface area contributed by atoms with Crippen LogP contribution in [-0.4, -0.2) is 50.0 Å². The standard InChI is InChI=1S/C19H21N3O5S2/c1-28(24,25)15-6-8-16(9-7-15)29(26,27)21-12-10-14(11-13-21)22-18-5-3-2-4-17(18)20-19(22)23/h2-9,14H,10-13H2,1H3,(H,20,23). The fourth-order valence-electron chi connectivity index (χ4n) is 3.79. The zero-order chi connectivity index (χ0) is 20.8. The number of H-pyrrole nitrogens is 1. The number of imidazole rings is 1. The molecule has 0 unspecified atom stereocenters. The lowest BCUT2D eigenvalue weighted by Gasteiger charge is -2.31. The topological polar surface area (TPSA) is 109 Å². The monoisotopic (exact) mass is 435 g/mol. The van der Waals surface area contributed by atoms with Gasteiger partial charge in [0.05, 0.1) is 20.8 Å². The molecule has 0 aliphatic carbocycles. The van der Waals surface area contributed by atoms with E-state index < -0.39 is 19.9 Å². The quantitative estimate of drug-likeness (QED) is 0.672. The van der Waals surface area contributed by atoms with Crippen LogP contribution in [0.2, 0.25) is 0 Å². The van der Waals surface area contributed by atoms with E-state index in [1.165, 1.54) is 28.6 Å². The van der Waals surface area contributed by atoms with Gasteiger partial charge in [-0.3, -0.25) is 4.57 Å². The molecular weight excluding hydrogens is 414 g/mol. The molecule has 1 aromatic heterocycles. The molecular formula is C19H21N3O5S2. The number of aromatic nitrogens is 2. The summed E-state index contributed by atoms with van der Waals surface area (Å²) in [6.45, 7) is 0.569. The molecule has 1 aliphatic rings. The molecule has 29 heavy (non-hydrogen) atoms. The smallest absolute Gasteiger partial charge is 0.306 e.